The number of aliphatic hydroxyl groups is 1. The van der Waals surface area contributed by atoms with E-state index in [2.05, 4.69) is 0 Å². The van der Waals surface area contributed by atoms with Gasteiger partial charge in [-0.1, -0.05) is 12.1 Å². The largest absolute Gasteiger partial charge is 0.507 e. The highest BCUT2D eigenvalue weighted by atomic mass is 16.5. The van der Waals surface area contributed by atoms with E-state index >= 15 is 0 Å². The molecule has 0 bridgehead atoms. The number of aryl methyl sites for hydroxylation is 1. The number of amides is 1. The van der Waals surface area contributed by atoms with E-state index in [1.54, 1.807) is 80.9 Å². The first-order chi connectivity index (χ1) is 17.2. The van der Waals surface area contributed by atoms with Crippen molar-refractivity contribution in [1.82, 2.24) is 0 Å². The quantitative estimate of drug-likeness (QED) is 0.272. The number of benzene rings is 3. The van der Waals surface area contributed by atoms with Crippen molar-refractivity contribution in [2.24, 2.45) is 0 Å². The highest BCUT2D eigenvalue weighted by molar-refractivity contribution is 6.51. The van der Waals surface area contributed by atoms with Gasteiger partial charge in [-0.3, -0.25) is 14.5 Å². The fraction of sp³-hybridized carbons (Fsp3) is 0.241. The lowest BCUT2D eigenvalue weighted by Crippen LogP contribution is -2.29. The van der Waals surface area contributed by atoms with Gasteiger partial charge in [0.15, 0.2) is 0 Å². The summed E-state index contributed by atoms with van der Waals surface area (Å²) in [6, 6.07) is 18.3. The average molecular weight is 488 g/mol. The number of aliphatic hydroxyl groups excluding tert-OH is 1. The maximum Gasteiger partial charge on any atom is 0.300 e. The Morgan fingerprint density at radius 3 is 2.08 bits per heavy atom. The van der Waals surface area contributed by atoms with Crippen LogP contribution in [0.5, 0.6) is 17.2 Å². The number of hydrogen-bond acceptors (Lipinski definition) is 6. The highest BCUT2D eigenvalue weighted by Crippen LogP contribution is 2.43. The Kier molecular flexibility index (Phi) is 7.01. The summed E-state index contributed by atoms with van der Waals surface area (Å²) < 4.78 is 16.3. The predicted octanol–water partition coefficient (Wildman–Crippen LogP) is 5.43. The summed E-state index contributed by atoms with van der Waals surface area (Å²) in [6.07, 6.45) is -0.000836. The van der Waals surface area contributed by atoms with E-state index in [0.717, 1.165) is 5.56 Å². The van der Waals surface area contributed by atoms with Gasteiger partial charge in [0.05, 0.1) is 31.9 Å². The van der Waals surface area contributed by atoms with E-state index in [4.69, 9.17) is 14.2 Å². The van der Waals surface area contributed by atoms with Crippen LogP contribution in [-0.4, -0.2) is 37.1 Å². The van der Waals surface area contributed by atoms with Crippen LogP contribution in [0.1, 0.15) is 36.6 Å². The van der Waals surface area contributed by atoms with Crippen molar-refractivity contribution in [1.29, 1.82) is 0 Å². The Balaban J connectivity index is 1.88. The monoisotopic (exact) mass is 487 g/mol. The lowest BCUT2D eigenvalue weighted by molar-refractivity contribution is -0.132. The lowest BCUT2D eigenvalue weighted by Gasteiger charge is -2.26. The van der Waals surface area contributed by atoms with Gasteiger partial charge in [0.25, 0.3) is 11.7 Å². The maximum absolute atomic E-state index is 13.3. The molecule has 7 heteroatoms. The zero-order valence-electron chi connectivity index (χ0n) is 20.9. The Labute approximate surface area is 210 Å². The molecule has 0 aliphatic carbocycles. The van der Waals surface area contributed by atoms with Crippen LogP contribution in [0.15, 0.2) is 72.3 Å². The maximum atomic E-state index is 13.3. The number of hydrogen-bond donors (Lipinski definition) is 1. The molecule has 1 N–H and O–H groups in total. The SMILES string of the molecule is COc1ccc(N2C(=O)C(=O)/C(=C(\O)c3ccc(OC)c(C)c3)C2c2ccc(OC(C)C)cc2)cc1. The lowest BCUT2D eigenvalue weighted by atomic mass is 9.94. The van der Waals surface area contributed by atoms with Gasteiger partial charge in [0, 0.05) is 11.3 Å². The molecule has 7 nitrogen and oxygen atoms in total. The number of rotatable bonds is 7. The molecule has 3 aromatic rings. The van der Waals surface area contributed by atoms with Crippen molar-refractivity contribution < 1.29 is 28.9 Å². The van der Waals surface area contributed by atoms with E-state index in [1.165, 1.54) is 4.90 Å². The first-order valence-electron chi connectivity index (χ1n) is 11.6. The molecule has 0 aromatic heterocycles. The second kappa shape index (κ2) is 10.2. The number of carbonyl (C=O) groups excluding carboxylic acids is 2. The second-order valence-electron chi connectivity index (χ2n) is 8.79. The molecule has 36 heavy (non-hydrogen) atoms. The molecule has 4 rings (SSSR count). The minimum absolute atomic E-state index is 0.000836. The number of methoxy groups -OCH3 is 2. The Morgan fingerprint density at radius 2 is 1.53 bits per heavy atom. The molecule has 1 aliphatic heterocycles. The molecule has 3 aromatic carbocycles. The van der Waals surface area contributed by atoms with Crippen LogP contribution in [0.3, 0.4) is 0 Å². The number of nitrogens with zero attached hydrogens (tertiary/aromatic N) is 1. The van der Waals surface area contributed by atoms with E-state index in [9.17, 15) is 14.7 Å². The molecule has 1 unspecified atom stereocenters. The summed E-state index contributed by atoms with van der Waals surface area (Å²) in [5, 5.41) is 11.3. The first kappa shape index (κ1) is 24.9. The molecular weight excluding hydrogens is 458 g/mol. The molecular formula is C29H29NO6. The van der Waals surface area contributed by atoms with Gasteiger partial charge in [-0.2, -0.15) is 0 Å². The van der Waals surface area contributed by atoms with Crippen molar-refractivity contribution in [3.05, 3.63) is 89.0 Å². The van der Waals surface area contributed by atoms with Gasteiger partial charge in [0.2, 0.25) is 0 Å². The third kappa shape index (κ3) is 4.64. The van der Waals surface area contributed by atoms with Crippen LogP contribution in [-0.2, 0) is 9.59 Å². The summed E-state index contributed by atoms with van der Waals surface area (Å²) in [6.45, 7) is 5.71. The molecule has 0 spiro atoms. The third-order valence-corrected chi connectivity index (χ3v) is 6.03. The fourth-order valence-corrected chi connectivity index (χ4v) is 4.34. The predicted molar refractivity (Wildman–Crippen MR) is 138 cm³/mol. The van der Waals surface area contributed by atoms with E-state index in [1.807, 2.05) is 20.8 Å². The van der Waals surface area contributed by atoms with Gasteiger partial charge in [-0.05, 0) is 86.5 Å². The number of ketones is 1. The van der Waals surface area contributed by atoms with E-state index < -0.39 is 17.7 Å². The molecule has 1 amide bonds. The smallest absolute Gasteiger partial charge is 0.300 e. The summed E-state index contributed by atoms with van der Waals surface area (Å²) in [4.78, 5) is 28.1. The van der Waals surface area contributed by atoms with Crippen molar-refractivity contribution >= 4 is 23.1 Å². The van der Waals surface area contributed by atoms with Gasteiger partial charge in [-0.15, -0.1) is 0 Å². The Bertz CT molecular complexity index is 1310. The molecule has 1 atom stereocenters. The normalized spacial score (nSPS) is 16.9. The molecule has 1 fully saturated rings. The van der Waals surface area contributed by atoms with Crippen LogP contribution >= 0.6 is 0 Å². The van der Waals surface area contributed by atoms with Crippen molar-refractivity contribution in [2.45, 2.75) is 32.9 Å². The van der Waals surface area contributed by atoms with Crippen LogP contribution < -0.4 is 19.1 Å². The van der Waals surface area contributed by atoms with Gasteiger partial charge < -0.3 is 19.3 Å². The fourth-order valence-electron chi connectivity index (χ4n) is 4.34. The number of anilines is 1. The highest BCUT2D eigenvalue weighted by Gasteiger charge is 2.47. The number of Topliss-reactive ketones (excluding diaryl/α,β-unsaturated/α-hetero) is 1. The zero-order chi connectivity index (χ0) is 26.0. The van der Waals surface area contributed by atoms with Crippen molar-refractivity contribution in [2.75, 3.05) is 19.1 Å². The summed E-state index contributed by atoms with van der Waals surface area (Å²) in [7, 11) is 3.12. The molecule has 1 heterocycles. The number of ether oxygens (including phenoxy) is 3. The van der Waals surface area contributed by atoms with E-state index in [0.29, 0.717) is 34.1 Å². The van der Waals surface area contributed by atoms with Gasteiger partial charge in [0.1, 0.15) is 23.0 Å². The molecule has 1 aliphatic rings. The molecule has 0 saturated carbocycles. The van der Waals surface area contributed by atoms with Crippen molar-refractivity contribution in [3.8, 4) is 17.2 Å². The van der Waals surface area contributed by atoms with E-state index in [-0.39, 0.29) is 17.4 Å². The summed E-state index contributed by atoms with van der Waals surface area (Å²) >= 11 is 0. The zero-order valence-corrected chi connectivity index (χ0v) is 20.9. The Hall–Kier alpha value is -4.26. The van der Waals surface area contributed by atoms with Gasteiger partial charge >= 0.3 is 0 Å². The van der Waals surface area contributed by atoms with Crippen LogP contribution in [0, 0.1) is 6.92 Å². The van der Waals surface area contributed by atoms with Crippen LogP contribution in [0.2, 0.25) is 0 Å². The van der Waals surface area contributed by atoms with Crippen molar-refractivity contribution in [3.63, 3.8) is 0 Å². The Morgan fingerprint density at radius 1 is 0.889 bits per heavy atom. The summed E-state index contributed by atoms with van der Waals surface area (Å²) in [5.74, 6) is 0.214. The summed E-state index contributed by atoms with van der Waals surface area (Å²) in [5.41, 5.74) is 2.39. The first-order valence-corrected chi connectivity index (χ1v) is 11.6. The van der Waals surface area contributed by atoms with Crippen LogP contribution in [0.25, 0.3) is 5.76 Å². The second-order valence-corrected chi connectivity index (χ2v) is 8.79. The molecule has 186 valence electrons. The average Bonchev–Trinajstić information content (AvgIpc) is 3.14. The number of carbonyl (C=O) groups is 2. The standard InChI is InChI=1S/C29H29NO6/c1-17(2)36-23-11-6-19(7-12-23)26-25(27(31)20-8-15-24(35-5)18(3)16-20)28(32)29(33)30(26)21-9-13-22(34-4)14-10-21/h6-17,26,31H,1-5H3/b27-25-. The van der Waals surface area contributed by atoms with Gasteiger partial charge in [-0.25, -0.2) is 0 Å². The minimum Gasteiger partial charge on any atom is -0.507 e. The van der Waals surface area contributed by atoms with Crippen LogP contribution in [0.4, 0.5) is 5.69 Å². The molecule has 1 saturated heterocycles. The topological polar surface area (TPSA) is 85.3 Å². The molecule has 0 radical (unpaired) electrons. The third-order valence-electron chi connectivity index (χ3n) is 6.03. The minimum atomic E-state index is -0.839.